The van der Waals surface area contributed by atoms with Crippen molar-refractivity contribution >= 4 is 23.0 Å². The molecule has 0 aliphatic rings. The topological polar surface area (TPSA) is 118 Å². The Morgan fingerprint density at radius 2 is 2.31 bits per heavy atom. The predicted octanol–water partition coefficient (Wildman–Crippen LogP) is -0.367. The molecule has 2 heterocycles. The summed E-state index contributed by atoms with van der Waals surface area (Å²) in [5, 5.41) is 14.8. The van der Waals surface area contributed by atoms with E-state index in [1.807, 2.05) is 0 Å². The summed E-state index contributed by atoms with van der Waals surface area (Å²) in [4.78, 5) is 18.1. The number of hydrogen-bond donors (Lipinski definition) is 3. The average molecular weight is 179 g/mol. The van der Waals surface area contributed by atoms with Crippen molar-refractivity contribution in [2.45, 2.75) is 0 Å². The van der Waals surface area contributed by atoms with Crippen LogP contribution < -0.4 is 5.73 Å². The van der Waals surface area contributed by atoms with E-state index >= 15 is 0 Å². The lowest BCUT2D eigenvalue weighted by Crippen LogP contribution is -2.07. The highest BCUT2D eigenvalue weighted by Crippen LogP contribution is 2.11. The van der Waals surface area contributed by atoms with E-state index < -0.39 is 5.97 Å². The maximum atomic E-state index is 10.6. The van der Waals surface area contributed by atoms with Crippen molar-refractivity contribution in [2.75, 3.05) is 5.73 Å². The van der Waals surface area contributed by atoms with Crippen LogP contribution in [0.15, 0.2) is 6.20 Å². The lowest BCUT2D eigenvalue weighted by atomic mass is 10.4. The molecule has 0 unspecified atom stereocenters. The number of hydrogen-bond acceptors (Lipinski definition) is 5. The number of carbonyl (C=O) groups is 1. The zero-order valence-electron chi connectivity index (χ0n) is 6.35. The first-order chi connectivity index (χ1) is 6.18. The van der Waals surface area contributed by atoms with E-state index in [1.165, 1.54) is 6.20 Å². The molecule has 7 nitrogen and oxygen atoms in total. The van der Waals surface area contributed by atoms with Gasteiger partial charge in [0.25, 0.3) is 0 Å². The van der Waals surface area contributed by atoms with Crippen molar-refractivity contribution in [3.05, 3.63) is 11.9 Å². The molecule has 0 saturated heterocycles. The van der Waals surface area contributed by atoms with E-state index in [4.69, 9.17) is 10.8 Å². The fraction of sp³-hybridized carbons (Fsp3) is 0. The van der Waals surface area contributed by atoms with Crippen molar-refractivity contribution in [3.63, 3.8) is 0 Å². The third-order valence-corrected chi connectivity index (χ3v) is 1.51. The molecular weight excluding hydrogens is 174 g/mol. The number of nitrogen functional groups attached to an aromatic ring is 1. The lowest BCUT2D eigenvalue weighted by Gasteiger charge is -1.97. The van der Waals surface area contributed by atoms with Crippen LogP contribution in [0.4, 0.5) is 5.82 Å². The Bertz CT molecular complexity index is 477. The standard InChI is InChI=1S/C6H5N5O2/c7-4-3(6(12)13)9-2-1-8-11-5(2)10-4/h1H,(H,12,13)(H3,7,8,10,11). The predicted molar refractivity (Wildman–Crippen MR) is 43.1 cm³/mol. The van der Waals surface area contributed by atoms with E-state index in [9.17, 15) is 4.79 Å². The van der Waals surface area contributed by atoms with Crippen molar-refractivity contribution in [3.8, 4) is 0 Å². The summed E-state index contributed by atoms with van der Waals surface area (Å²) in [5.41, 5.74) is 5.85. The average Bonchev–Trinajstić information content (AvgIpc) is 2.48. The number of nitrogens with two attached hydrogens (primary N) is 1. The summed E-state index contributed by atoms with van der Waals surface area (Å²) >= 11 is 0. The van der Waals surface area contributed by atoms with Crippen LogP contribution >= 0.6 is 0 Å². The molecule has 0 saturated carbocycles. The van der Waals surface area contributed by atoms with Gasteiger partial charge in [0.1, 0.15) is 5.52 Å². The van der Waals surface area contributed by atoms with E-state index in [2.05, 4.69) is 20.2 Å². The van der Waals surface area contributed by atoms with Gasteiger partial charge in [0, 0.05) is 0 Å². The zero-order valence-corrected chi connectivity index (χ0v) is 6.35. The number of carboxylic acids is 1. The minimum absolute atomic E-state index is 0.121. The van der Waals surface area contributed by atoms with Crippen molar-refractivity contribution in [1.29, 1.82) is 0 Å². The first-order valence-electron chi connectivity index (χ1n) is 3.38. The highest BCUT2D eigenvalue weighted by atomic mass is 16.4. The van der Waals surface area contributed by atoms with Gasteiger partial charge in [-0.1, -0.05) is 0 Å². The molecule has 0 amide bonds. The maximum absolute atomic E-state index is 10.6. The number of H-pyrrole nitrogens is 1. The minimum atomic E-state index is -1.20. The van der Waals surface area contributed by atoms with E-state index in [0.29, 0.717) is 11.2 Å². The van der Waals surface area contributed by atoms with E-state index in [1.54, 1.807) is 0 Å². The molecule has 7 heteroatoms. The molecule has 0 aromatic carbocycles. The molecular formula is C6H5N5O2. The van der Waals surface area contributed by atoms with Crippen LogP contribution in [0, 0.1) is 0 Å². The Balaban J connectivity index is 2.76. The number of fused-ring (bicyclic) bond motifs is 1. The van der Waals surface area contributed by atoms with Gasteiger partial charge >= 0.3 is 5.97 Å². The van der Waals surface area contributed by atoms with Crippen LogP contribution in [0.3, 0.4) is 0 Å². The second-order valence-corrected chi connectivity index (χ2v) is 2.37. The summed E-state index contributed by atoms with van der Waals surface area (Å²) < 4.78 is 0. The molecule has 13 heavy (non-hydrogen) atoms. The Kier molecular flexibility index (Phi) is 1.38. The molecule has 4 N–H and O–H groups in total. The van der Waals surface area contributed by atoms with Crippen LogP contribution in [-0.2, 0) is 0 Å². The number of nitrogens with zero attached hydrogens (tertiary/aromatic N) is 3. The third kappa shape index (κ3) is 1.06. The summed E-state index contributed by atoms with van der Waals surface area (Å²) in [6, 6.07) is 0. The molecule has 0 spiro atoms. The largest absolute Gasteiger partial charge is 0.476 e. The van der Waals surface area contributed by atoms with Crippen LogP contribution in [-0.4, -0.2) is 31.2 Å². The quantitative estimate of drug-likeness (QED) is 0.549. The van der Waals surface area contributed by atoms with Crippen molar-refractivity contribution in [1.82, 2.24) is 20.2 Å². The van der Waals surface area contributed by atoms with Gasteiger partial charge in [-0.05, 0) is 0 Å². The SMILES string of the molecule is Nc1nc2[nH]ncc2nc1C(=O)O. The Morgan fingerprint density at radius 1 is 1.54 bits per heavy atom. The fourth-order valence-electron chi connectivity index (χ4n) is 0.946. The number of carboxylic acid groups (broad SMARTS) is 1. The first kappa shape index (κ1) is 7.47. The summed E-state index contributed by atoms with van der Waals surface area (Å²) in [5.74, 6) is -1.32. The molecule has 0 aliphatic carbocycles. The second kappa shape index (κ2) is 2.41. The van der Waals surface area contributed by atoms with E-state index in [-0.39, 0.29) is 11.5 Å². The number of aromatic carboxylic acids is 1. The Labute approximate surface area is 71.6 Å². The molecule has 0 fully saturated rings. The normalized spacial score (nSPS) is 10.5. The highest BCUT2D eigenvalue weighted by Gasteiger charge is 2.13. The van der Waals surface area contributed by atoms with Gasteiger partial charge in [0.05, 0.1) is 6.20 Å². The molecule has 2 aromatic rings. The molecule has 2 rings (SSSR count). The van der Waals surface area contributed by atoms with Crippen LogP contribution in [0.2, 0.25) is 0 Å². The van der Waals surface area contributed by atoms with Crippen LogP contribution in [0.25, 0.3) is 11.2 Å². The van der Waals surface area contributed by atoms with Gasteiger partial charge in [-0.25, -0.2) is 14.8 Å². The fourth-order valence-corrected chi connectivity index (χ4v) is 0.946. The van der Waals surface area contributed by atoms with Gasteiger partial charge in [-0.3, -0.25) is 5.10 Å². The van der Waals surface area contributed by atoms with Crippen LogP contribution in [0.5, 0.6) is 0 Å². The lowest BCUT2D eigenvalue weighted by molar-refractivity contribution is 0.0692. The number of rotatable bonds is 1. The molecule has 0 bridgehead atoms. The smallest absolute Gasteiger partial charge is 0.358 e. The van der Waals surface area contributed by atoms with Gasteiger partial charge < -0.3 is 10.8 Å². The monoisotopic (exact) mass is 179 g/mol. The van der Waals surface area contributed by atoms with Gasteiger partial charge in [0.2, 0.25) is 0 Å². The number of nitrogens with one attached hydrogen (secondary N) is 1. The molecule has 66 valence electrons. The van der Waals surface area contributed by atoms with Crippen molar-refractivity contribution in [2.24, 2.45) is 0 Å². The molecule has 0 atom stereocenters. The van der Waals surface area contributed by atoms with Gasteiger partial charge in [-0.2, -0.15) is 5.10 Å². The van der Waals surface area contributed by atoms with Crippen molar-refractivity contribution < 1.29 is 9.90 Å². The summed E-state index contributed by atoms with van der Waals surface area (Å²) in [6.07, 6.45) is 1.38. The van der Waals surface area contributed by atoms with Crippen LogP contribution in [0.1, 0.15) is 10.5 Å². The van der Waals surface area contributed by atoms with E-state index in [0.717, 1.165) is 0 Å². The van der Waals surface area contributed by atoms with Gasteiger partial charge in [-0.15, -0.1) is 0 Å². The summed E-state index contributed by atoms with van der Waals surface area (Å²) in [7, 11) is 0. The Morgan fingerprint density at radius 3 is 3.00 bits per heavy atom. The maximum Gasteiger partial charge on any atom is 0.358 e. The second-order valence-electron chi connectivity index (χ2n) is 2.37. The zero-order chi connectivity index (χ0) is 9.42. The number of anilines is 1. The molecule has 2 aromatic heterocycles. The third-order valence-electron chi connectivity index (χ3n) is 1.51. The first-order valence-corrected chi connectivity index (χ1v) is 3.38. The minimum Gasteiger partial charge on any atom is -0.476 e. The van der Waals surface area contributed by atoms with Gasteiger partial charge in [0.15, 0.2) is 17.2 Å². The highest BCUT2D eigenvalue weighted by molar-refractivity contribution is 5.92. The number of aromatic nitrogens is 4. The Hall–Kier alpha value is -2.18. The summed E-state index contributed by atoms with van der Waals surface area (Å²) in [6.45, 7) is 0. The molecule has 0 radical (unpaired) electrons. The number of aromatic amines is 1. The molecule has 0 aliphatic heterocycles.